The first-order valence-electron chi connectivity index (χ1n) is 15.6. The van der Waals surface area contributed by atoms with Gasteiger partial charge in [-0.15, -0.1) is 0 Å². The third kappa shape index (κ3) is 11.3. The Bertz CT molecular complexity index is 1720. The van der Waals surface area contributed by atoms with E-state index in [4.69, 9.17) is 9.47 Å². The molecule has 0 bridgehead atoms. The highest BCUT2D eigenvalue weighted by atomic mass is 16.6. The summed E-state index contributed by atoms with van der Waals surface area (Å²) in [6.45, 7) is 11.7. The van der Waals surface area contributed by atoms with Gasteiger partial charge >= 0.3 is 12.2 Å². The average molecular weight is 654 g/mol. The van der Waals surface area contributed by atoms with Gasteiger partial charge < -0.3 is 35.3 Å². The van der Waals surface area contributed by atoms with Crippen LogP contribution in [0, 0.1) is 0 Å². The van der Waals surface area contributed by atoms with Gasteiger partial charge in [-0.1, -0.05) is 54.6 Å². The summed E-state index contributed by atoms with van der Waals surface area (Å²) >= 11 is 0. The van der Waals surface area contributed by atoms with Crippen molar-refractivity contribution >= 4 is 35.4 Å². The molecule has 0 radical (unpaired) electrons. The predicted octanol–water partition coefficient (Wildman–Crippen LogP) is 7.09. The van der Waals surface area contributed by atoms with Gasteiger partial charge in [-0.2, -0.15) is 0 Å². The van der Waals surface area contributed by atoms with Crippen LogP contribution < -0.4 is 21.3 Å². The number of aromatic nitrogens is 1. The largest absolute Gasteiger partial charge is 0.444 e. The van der Waals surface area contributed by atoms with Gasteiger partial charge in [-0.3, -0.25) is 9.59 Å². The molecular weight excluding hydrogens is 610 g/mol. The lowest BCUT2D eigenvalue weighted by Crippen LogP contribution is -2.32. The summed E-state index contributed by atoms with van der Waals surface area (Å²) in [6.07, 6.45) is 0.699. The SMILES string of the molecule is CC(C)(C)OC(=O)NCc1ccc(NC(=O)c2cc(NC(=O)c3ccc(CNC(=O)OC(C)(C)C)cc3)cn2Cc2ccccc2)cc1. The maximum absolute atomic E-state index is 13.5. The maximum atomic E-state index is 13.5. The number of rotatable bonds is 10. The Morgan fingerprint density at radius 2 is 1.10 bits per heavy atom. The Hall–Kier alpha value is -5.58. The molecule has 0 fully saturated rings. The van der Waals surface area contributed by atoms with E-state index in [0.29, 0.717) is 29.2 Å². The number of anilines is 2. The second-order valence-corrected chi connectivity index (χ2v) is 13.2. The molecule has 0 spiro atoms. The number of amides is 4. The van der Waals surface area contributed by atoms with Crippen molar-refractivity contribution in [3.63, 3.8) is 0 Å². The Morgan fingerprint density at radius 1 is 0.604 bits per heavy atom. The number of carbonyl (C=O) groups excluding carboxylic acids is 4. The molecule has 4 amide bonds. The van der Waals surface area contributed by atoms with Gasteiger partial charge in [0.25, 0.3) is 11.8 Å². The monoisotopic (exact) mass is 653 g/mol. The molecule has 48 heavy (non-hydrogen) atoms. The Labute approximate surface area is 281 Å². The van der Waals surface area contributed by atoms with Gasteiger partial charge in [0.2, 0.25) is 0 Å². The van der Waals surface area contributed by atoms with Crippen LogP contribution in [0.3, 0.4) is 0 Å². The Kier molecular flexibility index (Phi) is 11.3. The second kappa shape index (κ2) is 15.3. The fourth-order valence-corrected chi connectivity index (χ4v) is 4.54. The van der Waals surface area contributed by atoms with E-state index in [1.807, 2.05) is 30.3 Å². The minimum Gasteiger partial charge on any atom is -0.444 e. The van der Waals surface area contributed by atoms with Crippen molar-refractivity contribution in [1.29, 1.82) is 0 Å². The molecule has 0 saturated heterocycles. The molecule has 252 valence electrons. The Balaban J connectivity index is 1.42. The summed E-state index contributed by atoms with van der Waals surface area (Å²) in [6, 6.07) is 25.3. The zero-order valence-electron chi connectivity index (χ0n) is 28.2. The first-order valence-corrected chi connectivity index (χ1v) is 15.6. The molecule has 0 aliphatic carbocycles. The molecule has 0 saturated carbocycles. The maximum Gasteiger partial charge on any atom is 0.407 e. The van der Waals surface area contributed by atoms with Crippen LogP contribution in [-0.4, -0.2) is 39.8 Å². The van der Waals surface area contributed by atoms with Crippen molar-refractivity contribution in [2.45, 2.75) is 72.4 Å². The molecule has 0 aliphatic heterocycles. The number of benzene rings is 3. The Morgan fingerprint density at radius 3 is 1.62 bits per heavy atom. The van der Waals surface area contributed by atoms with Gasteiger partial charge in [0, 0.05) is 37.1 Å². The van der Waals surface area contributed by atoms with Crippen LogP contribution in [0.1, 0.15) is 79.1 Å². The van der Waals surface area contributed by atoms with Crippen LogP contribution in [0.25, 0.3) is 0 Å². The summed E-state index contributed by atoms with van der Waals surface area (Å²) in [5.74, 6) is -0.700. The normalized spacial score (nSPS) is 11.3. The molecule has 4 N–H and O–H groups in total. The summed E-state index contributed by atoms with van der Waals surface area (Å²) in [7, 11) is 0. The van der Waals surface area contributed by atoms with E-state index in [1.165, 1.54) is 0 Å². The molecule has 11 nitrogen and oxygen atoms in total. The molecule has 1 aromatic heterocycles. The van der Waals surface area contributed by atoms with Crippen LogP contribution in [0.5, 0.6) is 0 Å². The van der Waals surface area contributed by atoms with E-state index < -0.39 is 23.4 Å². The first kappa shape index (κ1) is 35.3. The highest BCUT2D eigenvalue weighted by Crippen LogP contribution is 2.20. The van der Waals surface area contributed by atoms with E-state index in [-0.39, 0.29) is 24.9 Å². The van der Waals surface area contributed by atoms with Gasteiger partial charge in [0.15, 0.2) is 0 Å². The quantitative estimate of drug-likeness (QED) is 0.144. The molecule has 0 unspecified atom stereocenters. The molecule has 1 heterocycles. The van der Waals surface area contributed by atoms with Gasteiger partial charge in [-0.05, 0) is 88.6 Å². The standard InChI is InChI=1S/C37H43N5O6/c1-36(2,3)47-34(45)38-21-25-12-16-28(17-13-25)32(43)41-30-20-31(42(24-30)23-27-10-8-7-9-11-27)33(44)40-29-18-14-26(15-19-29)22-39-35(46)48-37(4,5)6/h7-20,24H,21-23H2,1-6H3,(H,38,45)(H,39,46)(H,40,44)(H,41,43). The number of nitrogens with one attached hydrogen (secondary N) is 4. The van der Waals surface area contributed by atoms with E-state index in [0.717, 1.165) is 16.7 Å². The van der Waals surface area contributed by atoms with E-state index in [2.05, 4.69) is 21.3 Å². The highest BCUT2D eigenvalue weighted by Gasteiger charge is 2.19. The van der Waals surface area contributed by atoms with Crippen molar-refractivity contribution in [3.05, 3.63) is 119 Å². The molecule has 0 atom stereocenters. The summed E-state index contributed by atoms with van der Waals surface area (Å²) in [4.78, 5) is 50.6. The van der Waals surface area contributed by atoms with Crippen molar-refractivity contribution in [3.8, 4) is 0 Å². The number of carbonyl (C=O) groups is 4. The van der Waals surface area contributed by atoms with Crippen molar-refractivity contribution in [1.82, 2.24) is 15.2 Å². The third-order valence-corrected chi connectivity index (χ3v) is 6.68. The van der Waals surface area contributed by atoms with Crippen LogP contribution >= 0.6 is 0 Å². The van der Waals surface area contributed by atoms with Crippen molar-refractivity contribution in [2.24, 2.45) is 0 Å². The molecule has 11 heteroatoms. The van der Waals surface area contributed by atoms with Crippen LogP contribution in [0.4, 0.5) is 21.0 Å². The van der Waals surface area contributed by atoms with Crippen LogP contribution in [0.2, 0.25) is 0 Å². The number of alkyl carbamates (subject to hydrolysis) is 2. The minimum atomic E-state index is -0.596. The van der Waals surface area contributed by atoms with Gasteiger partial charge in [0.05, 0.1) is 5.69 Å². The van der Waals surface area contributed by atoms with Crippen LogP contribution in [0.15, 0.2) is 91.1 Å². The lowest BCUT2D eigenvalue weighted by Gasteiger charge is -2.19. The summed E-state index contributed by atoms with van der Waals surface area (Å²) in [5, 5.41) is 11.2. The fraction of sp³-hybridized carbons (Fsp3) is 0.297. The zero-order valence-corrected chi connectivity index (χ0v) is 28.2. The highest BCUT2D eigenvalue weighted by molar-refractivity contribution is 6.07. The number of nitrogens with zero attached hydrogens (tertiary/aromatic N) is 1. The smallest absolute Gasteiger partial charge is 0.407 e. The summed E-state index contributed by atoms with van der Waals surface area (Å²) in [5.41, 5.74) is 3.24. The topological polar surface area (TPSA) is 140 Å². The van der Waals surface area contributed by atoms with Crippen molar-refractivity contribution in [2.75, 3.05) is 10.6 Å². The predicted molar refractivity (Wildman–Crippen MR) is 185 cm³/mol. The molecule has 3 aromatic carbocycles. The van der Waals surface area contributed by atoms with E-state index >= 15 is 0 Å². The van der Waals surface area contributed by atoms with E-state index in [9.17, 15) is 19.2 Å². The average Bonchev–Trinajstić information content (AvgIpc) is 3.40. The molecular formula is C37H43N5O6. The first-order chi connectivity index (χ1) is 22.6. The molecule has 0 aliphatic rings. The number of hydrogen-bond acceptors (Lipinski definition) is 6. The van der Waals surface area contributed by atoms with E-state index in [1.54, 1.807) is 107 Å². The third-order valence-electron chi connectivity index (χ3n) is 6.68. The van der Waals surface area contributed by atoms with Crippen LogP contribution in [-0.2, 0) is 29.1 Å². The van der Waals surface area contributed by atoms with Gasteiger partial charge in [0.1, 0.15) is 16.9 Å². The second-order valence-electron chi connectivity index (χ2n) is 13.2. The minimum absolute atomic E-state index is 0.253. The van der Waals surface area contributed by atoms with Crippen molar-refractivity contribution < 1.29 is 28.7 Å². The van der Waals surface area contributed by atoms with Gasteiger partial charge in [-0.25, -0.2) is 9.59 Å². The number of hydrogen-bond donors (Lipinski definition) is 4. The lowest BCUT2D eigenvalue weighted by atomic mass is 10.1. The molecule has 4 rings (SSSR count). The fourth-order valence-electron chi connectivity index (χ4n) is 4.54. The summed E-state index contributed by atoms with van der Waals surface area (Å²) < 4.78 is 12.3. The zero-order chi connectivity index (χ0) is 34.9. The molecule has 4 aromatic rings. The number of ether oxygens (including phenoxy) is 2. The lowest BCUT2D eigenvalue weighted by molar-refractivity contribution is 0.0512.